The first-order chi connectivity index (χ1) is 15.8. The number of aliphatic hydroxyl groups is 1. The second-order valence-corrected chi connectivity index (χ2v) is 7.68. The van der Waals surface area contributed by atoms with Crippen LogP contribution in [0.15, 0.2) is 0 Å². The van der Waals surface area contributed by atoms with Crippen molar-refractivity contribution in [3.63, 3.8) is 0 Å². The molecule has 0 fully saturated rings. The number of carbonyl (C=O) groups is 6. The van der Waals surface area contributed by atoms with Gasteiger partial charge in [-0.05, 0) is 39.2 Å². The van der Waals surface area contributed by atoms with Gasteiger partial charge in [0.15, 0.2) is 0 Å². The molecular weight excluding hydrogens is 456 g/mol. The van der Waals surface area contributed by atoms with Crippen LogP contribution in [-0.2, 0) is 28.8 Å². The number of aliphatic carboxylic acids is 2. The predicted molar refractivity (Wildman–Crippen MR) is 117 cm³/mol. The average molecular weight is 491 g/mol. The number of aliphatic hydroxyl groups excluding tert-OH is 1. The Hall–Kier alpha value is -3.30. The van der Waals surface area contributed by atoms with Gasteiger partial charge in [0.1, 0.15) is 24.2 Å². The van der Waals surface area contributed by atoms with E-state index in [1.165, 1.54) is 6.92 Å². The molecule has 5 atom stereocenters. The number of nitrogens with two attached hydrogens (primary N) is 3. The summed E-state index contributed by atoms with van der Waals surface area (Å²) in [5.74, 6) is -6.64. The third-order valence-electron chi connectivity index (χ3n) is 4.71. The highest BCUT2D eigenvalue weighted by molar-refractivity contribution is 5.95. The Morgan fingerprint density at radius 2 is 1.32 bits per heavy atom. The molecule has 0 aromatic carbocycles. The third-order valence-corrected chi connectivity index (χ3v) is 4.71. The van der Waals surface area contributed by atoms with Gasteiger partial charge in [0, 0.05) is 6.42 Å². The van der Waals surface area contributed by atoms with E-state index in [0.717, 1.165) is 0 Å². The van der Waals surface area contributed by atoms with E-state index in [1.54, 1.807) is 0 Å². The lowest BCUT2D eigenvalue weighted by atomic mass is 10.0. The Bertz CT molecular complexity index is 746. The van der Waals surface area contributed by atoms with Gasteiger partial charge in [0.05, 0.1) is 12.5 Å². The molecule has 12 N–H and O–H groups in total. The topological polar surface area (TPSA) is 277 Å². The van der Waals surface area contributed by atoms with Crippen LogP contribution in [0.5, 0.6) is 0 Å². The van der Waals surface area contributed by atoms with Crippen molar-refractivity contribution in [3.05, 3.63) is 0 Å². The zero-order chi connectivity index (χ0) is 26.4. The molecular formula is C19H34N6O9. The molecule has 0 bridgehead atoms. The van der Waals surface area contributed by atoms with Crippen LogP contribution in [0.3, 0.4) is 0 Å². The van der Waals surface area contributed by atoms with E-state index in [2.05, 4.69) is 10.6 Å². The Kier molecular flexibility index (Phi) is 14.0. The summed E-state index contributed by atoms with van der Waals surface area (Å²) >= 11 is 0. The maximum absolute atomic E-state index is 12.9. The first-order valence-corrected chi connectivity index (χ1v) is 10.6. The van der Waals surface area contributed by atoms with E-state index >= 15 is 0 Å². The van der Waals surface area contributed by atoms with Gasteiger partial charge in [-0.2, -0.15) is 0 Å². The molecule has 15 heteroatoms. The molecule has 5 unspecified atom stereocenters. The summed E-state index contributed by atoms with van der Waals surface area (Å²) < 4.78 is 0. The summed E-state index contributed by atoms with van der Waals surface area (Å²) in [6.45, 7) is 1.60. The zero-order valence-corrected chi connectivity index (χ0v) is 18.9. The Morgan fingerprint density at radius 1 is 0.824 bits per heavy atom. The number of carbonyl (C=O) groups excluding carboxylic acids is 4. The maximum Gasteiger partial charge on any atom is 0.326 e. The van der Waals surface area contributed by atoms with E-state index < -0.39 is 72.3 Å². The van der Waals surface area contributed by atoms with Gasteiger partial charge in [-0.1, -0.05) is 0 Å². The minimum atomic E-state index is -1.79. The van der Waals surface area contributed by atoms with Crippen molar-refractivity contribution < 1.29 is 44.1 Å². The molecule has 0 rings (SSSR count). The molecule has 34 heavy (non-hydrogen) atoms. The van der Waals surface area contributed by atoms with E-state index in [0.29, 0.717) is 19.4 Å². The minimum Gasteiger partial charge on any atom is -0.481 e. The molecule has 0 heterocycles. The SMILES string of the molecule is CC(O)C(N)C(=O)NC(CCCCN)C(=O)NC(CCC(N)=O)C(=O)NC(CC(=O)O)C(=O)O. The molecule has 0 saturated carbocycles. The van der Waals surface area contributed by atoms with Gasteiger partial charge in [-0.15, -0.1) is 0 Å². The Labute approximate surface area is 195 Å². The van der Waals surface area contributed by atoms with Gasteiger partial charge in [-0.3, -0.25) is 24.0 Å². The van der Waals surface area contributed by atoms with Crippen LogP contribution in [0.4, 0.5) is 0 Å². The number of carboxylic acid groups (broad SMARTS) is 2. The van der Waals surface area contributed by atoms with Gasteiger partial charge in [0.25, 0.3) is 0 Å². The fourth-order valence-corrected chi connectivity index (χ4v) is 2.72. The van der Waals surface area contributed by atoms with Crippen molar-refractivity contribution >= 4 is 35.6 Å². The van der Waals surface area contributed by atoms with Crippen LogP contribution in [0.2, 0.25) is 0 Å². The van der Waals surface area contributed by atoms with Gasteiger partial charge in [0.2, 0.25) is 23.6 Å². The lowest BCUT2D eigenvalue weighted by molar-refractivity contribution is -0.147. The van der Waals surface area contributed by atoms with E-state index in [4.69, 9.17) is 27.4 Å². The molecule has 0 aromatic rings. The van der Waals surface area contributed by atoms with E-state index in [1.807, 2.05) is 5.32 Å². The number of rotatable bonds is 17. The van der Waals surface area contributed by atoms with Crippen molar-refractivity contribution in [2.24, 2.45) is 17.2 Å². The quantitative estimate of drug-likeness (QED) is 0.0888. The normalized spacial score (nSPS) is 15.2. The Morgan fingerprint density at radius 3 is 1.76 bits per heavy atom. The summed E-state index contributed by atoms with van der Waals surface area (Å²) in [7, 11) is 0. The van der Waals surface area contributed by atoms with E-state index in [-0.39, 0.29) is 19.3 Å². The minimum absolute atomic E-state index is 0.0994. The van der Waals surface area contributed by atoms with Gasteiger partial charge in [-0.25, -0.2) is 4.79 Å². The van der Waals surface area contributed by atoms with Crippen molar-refractivity contribution in [1.82, 2.24) is 16.0 Å². The summed E-state index contributed by atoms with van der Waals surface area (Å²) in [6, 6.07) is -5.77. The lowest BCUT2D eigenvalue weighted by Gasteiger charge is -2.25. The molecule has 4 amide bonds. The van der Waals surface area contributed by atoms with Crippen molar-refractivity contribution in [3.8, 4) is 0 Å². The molecule has 0 spiro atoms. The molecule has 194 valence electrons. The number of hydrogen-bond donors (Lipinski definition) is 9. The second-order valence-electron chi connectivity index (χ2n) is 7.68. The summed E-state index contributed by atoms with van der Waals surface area (Å²) in [4.78, 5) is 71.0. The number of hydrogen-bond acceptors (Lipinski definition) is 9. The second kappa shape index (κ2) is 15.5. The molecule has 0 saturated heterocycles. The van der Waals surface area contributed by atoms with Gasteiger partial charge < -0.3 is 48.5 Å². The fourth-order valence-electron chi connectivity index (χ4n) is 2.72. The molecule has 0 aliphatic rings. The molecule has 0 aliphatic carbocycles. The monoisotopic (exact) mass is 490 g/mol. The standard InChI is InChI=1S/C19H34N6O9/c1-9(26)15(22)18(32)24-10(4-2-3-7-20)16(30)23-11(5-6-13(21)27)17(31)25-12(19(33)34)8-14(28)29/h9-12,15,26H,2-8,20,22H2,1H3,(H2,21,27)(H,23,30)(H,24,32)(H,25,31)(H,28,29)(H,33,34). The zero-order valence-electron chi connectivity index (χ0n) is 18.9. The van der Waals surface area contributed by atoms with Crippen molar-refractivity contribution in [2.75, 3.05) is 6.54 Å². The highest BCUT2D eigenvalue weighted by Crippen LogP contribution is 2.06. The largest absolute Gasteiger partial charge is 0.481 e. The van der Waals surface area contributed by atoms with E-state index in [9.17, 15) is 33.9 Å². The molecule has 15 nitrogen and oxygen atoms in total. The van der Waals surface area contributed by atoms with Crippen LogP contribution < -0.4 is 33.2 Å². The van der Waals surface area contributed by atoms with Crippen LogP contribution >= 0.6 is 0 Å². The highest BCUT2D eigenvalue weighted by atomic mass is 16.4. The number of unbranched alkanes of at least 4 members (excludes halogenated alkanes) is 1. The highest BCUT2D eigenvalue weighted by Gasteiger charge is 2.31. The van der Waals surface area contributed by atoms with Gasteiger partial charge >= 0.3 is 11.9 Å². The van der Waals surface area contributed by atoms with Crippen molar-refractivity contribution in [1.29, 1.82) is 0 Å². The number of nitrogens with one attached hydrogen (secondary N) is 3. The molecule has 0 aromatic heterocycles. The van der Waals surface area contributed by atoms with Crippen LogP contribution in [0.25, 0.3) is 0 Å². The molecule has 0 radical (unpaired) electrons. The first kappa shape index (κ1) is 30.7. The smallest absolute Gasteiger partial charge is 0.326 e. The lowest BCUT2D eigenvalue weighted by Crippen LogP contribution is -2.58. The average Bonchev–Trinajstić information content (AvgIpc) is 2.73. The maximum atomic E-state index is 12.9. The first-order valence-electron chi connectivity index (χ1n) is 10.6. The summed E-state index contributed by atoms with van der Waals surface area (Å²) in [5.41, 5.74) is 16.1. The Balaban J connectivity index is 5.60. The molecule has 0 aliphatic heterocycles. The fraction of sp³-hybridized carbons (Fsp3) is 0.684. The summed E-state index contributed by atoms with van der Waals surface area (Å²) in [5, 5.41) is 34.2. The number of primary amides is 1. The number of carboxylic acids is 2. The van der Waals surface area contributed by atoms with Crippen LogP contribution in [0.1, 0.15) is 45.4 Å². The van der Waals surface area contributed by atoms with Crippen LogP contribution in [-0.4, -0.2) is 87.7 Å². The van der Waals surface area contributed by atoms with Crippen LogP contribution in [0, 0.1) is 0 Å². The predicted octanol–water partition coefficient (Wildman–Crippen LogP) is -3.90. The number of amides is 4. The summed E-state index contributed by atoms with van der Waals surface area (Å²) in [6.07, 6.45) is -1.77. The third kappa shape index (κ3) is 12.1. The van der Waals surface area contributed by atoms with Crippen molar-refractivity contribution in [2.45, 2.75) is 75.7 Å².